The Morgan fingerprint density at radius 2 is 1.89 bits per heavy atom. The van der Waals surface area contributed by atoms with E-state index in [2.05, 4.69) is 55.1 Å². The van der Waals surface area contributed by atoms with E-state index in [1.54, 1.807) is 6.20 Å². The van der Waals surface area contributed by atoms with E-state index in [1.807, 2.05) is 6.20 Å². The molecule has 2 aromatic rings. The molecule has 102 valence electrons. The maximum atomic E-state index is 4.23. The first-order valence-corrected chi connectivity index (χ1v) is 6.87. The van der Waals surface area contributed by atoms with Gasteiger partial charge in [-0.2, -0.15) is 0 Å². The van der Waals surface area contributed by atoms with Gasteiger partial charge in [-0.05, 0) is 49.9 Å². The number of nitrogens with zero attached hydrogens (tertiary/aromatic N) is 1. The summed E-state index contributed by atoms with van der Waals surface area (Å²) in [4.78, 5) is 7.36. The van der Waals surface area contributed by atoms with Gasteiger partial charge in [0.15, 0.2) is 0 Å². The fourth-order valence-electron chi connectivity index (χ4n) is 2.40. The molecule has 0 saturated carbocycles. The topological polar surface area (TPSA) is 40.7 Å². The van der Waals surface area contributed by atoms with Gasteiger partial charge in [-0.15, -0.1) is 0 Å². The number of rotatable bonds is 5. The molecule has 0 aliphatic heterocycles. The summed E-state index contributed by atoms with van der Waals surface area (Å²) in [5.74, 6) is 1.04. The van der Waals surface area contributed by atoms with Crippen molar-refractivity contribution in [1.29, 1.82) is 0 Å². The average molecular weight is 257 g/mol. The zero-order valence-corrected chi connectivity index (χ0v) is 12.2. The zero-order valence-electron chi connectivity index (χ0n) is 12.2. The van der Waals surface area contributed by atoms with E-state index in [-0.39, 0.29) is 0 Å². The van der Waals surface area contributed by atoms with Crippen LogP contribution in [0.25, 0.3) is 0 Å². The minimum Gasteiger partial charge on any atom is -0.349 e. The molecular weight excluding hydrogens is 234 g/mol. The van der Waals surface area contributed by atoms with Crippen molar-refractivity contribution in [2.75, 3.05) is 6.54 Å². The highest BCUT2D eigenvalue weighted by molar-refractivity contribution is 5.38. The molecule has 19 heavy (non-hydrogen) atoms. The minimum atomic E-state index is 0.370. The number of aromatic amines is 1. The molecule has 2 rings (SSSR count). The molecular formula is C16H23N3. The summed E-state index contributed by atoms with van der Waals surface area (Å²) in [7, 11) is 0. The van der Waals surface area contributed by atoms with Crippen LogP contribution in [0.3, 0.4) is 0 Å². The SMILES string of the molecule is Cc1cc(C)c(C(C)NCCc2ncc[nH]2)cc1C. The molecule has 3 heteroatoms. The number of H-pyrrole nitrogens is 1. The summed E-state index contributed by atoms with van der Waals surface area (Å²) in [6.07, 6.45) is 4.60. The van der Waals surface area contributed by atoms with E-state index >= 15 is 0 Å². The molecule has 0 amide bonds. The second-order valence-electron chi connectivity index (χ2n) is 5.25. The highest BCUT2D eigenvalue weighted by atomic mass is 14.9. The van der Waals surface area contributed by atoms with E-state index in [0.717, 1.165) is 18.8 Å². The predicted molar refractivity (Wildman–Crippen MR) is 79.4 cm³/mol. The Bertz CT molecular complexity index is 529. The van der Waals surface area contributed by atoms with Gasteiger partial charge >= 0.3 is 0 Å². The van der Waals surface area contributed by atoms with E-state index in [9.17, 15) is 0 Å². The van der Waals surface area contributed by atoms with Gasteiger partial charge in [-0.25, -0.2) is 4.98 Å². The molecule has 0 spiro atoms. The maximum Gasteiger partial charge on any atom is 0.107 e. The summed E-state index contributed by atoms with van der Waals surface area (Å²) in [6.45, 7) is 9.68. The van der Waals surface area contributed by atoms with E-state index < -0.39 is 0 Å². The van der Waals surface area contributed by atoms with Crippen molar-refractivity contribution >= 4 is 0 Å². The molecule has 2 N–H and O–H groups in total. The van der Waals surface area contributed by atoms with Crippen molar-refractivity contribution in [3.8, 4) is 0 Å². The lowest BCUT2D eigenvalue weighted by molar-refractivity contribution is 0.568. The number of hydrogen-bond acceptors (Lipinski definition) is 2. The molecule has 0 aliphatic carbocycles. The van der Waals surface area contributed by atoms with E-state index in [4.69, 9.17) is 0 Å². The van der Waals surface area contributed by atoms with Gasteiger partial charge in [-0.3, -0.25) is 0 Å². The second kappa shape index (κ2) is 6.02. The lowest BCUT2D eigenvalue weighted by Gasteiger charge is -2.18. The van der Waals surface area contributed by atoms with Crippen molar-refractivity contribution in [1.82, 2.24) is 15.3 Å². The largest absolute Gasteiger partial charge is 0.349 e. The Morgan fingerprint density at radius 1 is 1.16 bits per heavy atom. The van der Waals surface area contributed by atoms with Crippen molar-refractivity contribution in [2.24, 2.45) is 0 Å². The van der Waals surface area contributed by atoms with Gasteiger partial charge in [0.1, 0.15) is 5.82 Å². The van der Waals surface area contributed by atoms with Crippen LogP contribution in [0, 0.1) is 20.8 Å². The fourth-order valence-corrected chi connectivity index (χ4v) is 2.40. The molecule has 0 fully saturated rings. The van der Waals surface area contributed by atoms with Crippen LogP contribution < -0.4 is 5.32 Å². The number of nitrogens with one attached hydrogen (secondary N) is 2. The third-order valence-electron chi connectivity index (χ3n) is 3.72. The lowest BCUT2D eigenvalue weighted by Crippen LogP contribution is -2.22. The van der Waals surface area contributed by atoms with Crippen LogP contribution in [0.5, 0.6) is 0 Å². The number of hydrogen-bond donors (Lipinski definition) is 2. The van der Waals surface area contributed by atoms with Crippen LogP contribution >= 0.6 is 0 Å². The van der Waals surface area contributed by atoms with E-state index in [0.29, 0.717) is 6.04 Å². The van der Waals surface area contributed by atoms with Crippen LogP contribution in [0.1, 0.15) is 41.0 Å². The zero-order chi connectivity index (χ0) is 13.8. The number of aromatic nitrogens is 2. The summed E-state index contributed by atoms with van der Waals surface area (Å²) >= 11 is 0. The van der Waals surface area contributed by atoms with Crippen molar-refractivity contribution < 1.29 is 0 Å². The van der Waals surface area contributed by atoms with Crippen LogP contribution in [0.2, 0.25) is 0 Å². The van der Waals surface area contributed by atoms with E-state index in [1.165, 1.54) is 22.3 Å². The smallest absolute Gasteiger partial charge is 0.107 e. The van der Waals surface area contributed by atoms with Gasteiger partial charge in [-0.1, -0.05) is 12.1 Å². The first kappa shape index (κ1) is 13.8. The number of aryl methyl sites for hydroxylation is 3. The molecule has 1 heterocycles. The quantitative estimate of drug-likeness (QED) is 0.863. The molecule has 0 aliphatic rings. The minimum absolute atomic E-state index is 0.370. The van der Waals surface area contributed by atoms with Gasteiger partial charge < -0.3 is 10.3 Å². The molecule has 1 atom stereocenters. The second-order valence-corrected chi connectivity index (χ2v) is 5.25. The Morgan fingerprint density at radius 3 is 2.58 bits per heavy atom. The first-order valence-electron chi connectivity index (χ1n) is 6.87. The van der Waals surface area contributed by atoms with Crippen LogP contribution in [-0.4, -0.2) is 16.5 Å². The maximum absolute atomic E-state index is 4.23. The van der Waals surface area contributed by atoms with Crippen molar-refractivity contribution in [2.45, 2.75) is 40.2 Å². The average Bonchev–Trinajstić information content (AvgIpc) is 2.86. The summed E-state index contributed by atoms with van der Waals surface area (Å²) < 4.78 is 0. The predicted octanol–water partition coefficient (Wildman–Crippen LogP) is 3.23. The Balaban J connectivity index is 1.96. The molecule has 1 unspecified atom stereocenters. The van der Waals surface area contributed by atoms with Gasteiger partial charge in [0.2, 0.25) is 0 Å². The standard InChI is InChI=1S/C16H23N3/c1-11-9-13(3)15(10-12(11)2)14(4)17-6-5-16-18-7-8-19-16/h7-10,14,17H,5-6H2,1-4H3,(H,18,19). The van der Waals surface area contributed by atoms with Crippen LogP contribution in [0.15, 0.2) is 24.5 Å². The van der Waals surface area contributed by atoms with Gasteiger partial charge in [0.25, 0.3) is 0 Å². The van der Waals surface area contributed by atoms with Crippen molar-refractivity contribution in [3.63, 3.8) is 0 Å². The lowest BCUT2D eigenvalue weighted by atomic mass is 9.96. The van der Waals surface area contributed by atoms with Gasteiger partial charge in [0.05, 0.1) is 0 Å². The highest BCUT2D eigenvalue weighted by Gasteiger charge is 2.09. The third-order valence-corrected chi connectivity index (χ3v) is 3.72. The first-order chi connectivity index (χ1) is 9.08. The summed E-state index contributed by atoms with van der Waals surface area (Å²) in [6, 6.07) is 4.94. The molecule has 0 saturated heterocycles. The molecule has 0 bridgehead atoms. The molecule has 1 aromatic heterocycles. The number of imidazole rings is 1. The molecule has 0 radical (unpaired) electrons. The third kappa shape index (κ3) is 3.44. The number of benzene rings is 1. The monoisotopic (exact) mass is 257 g/mol. The molecule has 1 aromatic carbocycles. The highest BCUT2D eigenvalue weighted by Crippen LogP contribution is 2.21. The van der Waals surface area contributed by atoms with Crippen molar-refractivity contribution in [3.05, 3.63) is 52.6 Å². The Labute approximate surface area is 115 Å². The normalized spacial score (nSPS) is 12.6. The van der Waals surface area contributed by atoms with Gasteiger partial charge in [0, 0.05) is 31.4 Å². The summed E-state index contributed by atoms with van der Waals surface area (Å²) in [5, 5.41) is 3.56. The molecule has 3 nitrogen and oxygen atoms in total. The Kier molecular flexibility index (Phi) is 4.38. The van der Waals surface area contributed by atoms with Crippen LogP contribution in [0.4, 0.5) is 0 Å². The fraction of sp³-hybridized carbons (Fsp3) is 0.438. The van der Waals surface area contributed by atoms with Crippen LogP contribution in [-0.2, 0) is 6.42 Å². The summed E-state index contributed by atoms with van der Waals surface area (Å²) in [5.41, 5.74) is 5.48. The Hall–Kier alpha value is -1.61.